The number of hydrogen-bond donors (Lipinski definition) is 4. The van der Waals surface area contributed by atoms with Crippen LogP contribution in [0, 0.1) is 13.8 Å². The number of alkyl carbamates (subject to hydrolysis) is 3. The number of aryl methyl sites for hydroxylation is 2. The SMILES string of the molecule is Cc1ccc(NC(=O)[C@H](CCCN=C(NC(=O)OCc2ccccc2)NC(=O)OCc2ccccc2)NC(=O)OCc2ccccc2)cc1C. The van der Waals surface area contributed by atoms with Crippen LogP contribution >= 0.6 is 0 Å². The van der Waals surface area contributed by atoms with Gasteiger partial charge in [0.2, 0.25) is 11.9 Å². The average Bonchev–Trinajstić information content (AvgIpc) is 3.13. The first-order valence-corrected chi connectivity index (χ1v) is 16.1. The molecule has 0 aliphatic carbocycles. The number of anilines is 1. The number of aliphatic imine (C=N–C) groups is 1. The maximum absolute atomic E-state index is 13.4. The maximum Gasteiger partial charge on any atom is 0.414 e. The van der Waals surface area contributed by atoms with Gasteiger partial charge in [-0.25, -0.2) is 14.4 Å². The lowest BCUT2D eigenvalue weighted by atomic mass is 10.1. The van der Waals surface area contributed by atoms with Crippen molar-refractivity contribution in [3.8, 4) is 0 Å². The fraction of sp³-hybridized carbons (Fsp3) is 0.237. The van der Waals surface area contributed by atoms with Crippen molar-refractivity contribution < 1.29 is 33.4 Å². The molecule has 4 aromatic rings. The highest BCUT2D eigenvalue weighted by Gasteiger charge is 2.22. The maximum atomic E-state index is 13.4. The van der Waals surface area contributed by atoms with Crippen molar-refractivity contribution in [2.45, 2.75) is 52.6 Å². The van der Waals surface area contributed by atoms with Gasteiger partial charge in [0, 0.05) is 12.2 Å². The lowest BCUT2D eigenvalue weighted by Gasteiger charge is -2.19. The van der Waals surface area contributed by atoms with Gasteiger partial charge in [0.1, 0.15) is 25.9 Å². The molecule has 0 spiro atoms. The minimum absolute atomic E-state index is 0.00173. The first kappa shape index (κ1) is 36.7. The average molecular weight is 680 g/mol. The van der Waals surface area contributed by atoms with Crippen molar-refractivity contribution in [2.24, 2.45) is 4.99 Å². The lowest BCUT2D eigenvalue weighted by molar-refractivity contribution is -0.118. The Morgan fingerprint density at radius 1 is 0.620 bits per heavy atom. The van der Waals surface area contributed by atoms with Gasteiger partial charge < -0.3 is 24.8 Å². The number of carbonyl (C=O) groups is 4. The Balaban J connectivity index is 1.39. The molecule has 4 rings (SSSR count). The predicted molar refractivity (Wildman–Crippen MR) is 189 cm³/mol. The summed E-state index contributed by atoms with van der Waals surface area (Å²) in [7, 11) is 0. The summed E-state index contributed by atoms with van der Waals surface area (Å²) in [6, 6.07) is 31.9. The first-order chi connectivity index (χ1) is 24.2. The van der Waals surface area contributed by atoms with Crippen molar-refractivity contribution in [1.82, 2.24) is 16.0 Å². The quantitative estimate of drug-likeness (QED) is 0.0542. The van der Waals surface area contributed by atoms with E-state index in [9.17, 15) is 19.2 Å². The third kappa shape index (κ3) is 13.1. The number of ether oxygens (including phenoxy) is 3. The fourth-order valence-electron chi connectivity index (χ4n) is 4.53. The third-order valence-electron chi connectivity index (χ3n) is 7.38. The second-order valence-electron chi connectivity index (χ2n) is 11.3. The van der Waals surface area contributed by atoms with Crippen LogP contribution in [-0.2, 0) is 38.8 Å². The van der Waals surface area contributed by atoms with Gasteiger partial charge in [0.05, 0.1) is 0 Å². The zero-order valence-corrected chi connectivity index (χ0v) is 28.0. The number of rotatable bonds is 13. The van der Waals surface area contributed by atoms with Crippen molar-refractivity contribution in [3.63, 3.8) is 0 Å². The number of hydrogen-bond acceptors (Lipinski definition) is 8. The molecule has 50 heavy (non-hydrogen) atoms. The summed E-state index contributed by atoms with van der Waals surface area (Å²) in [5, 5.41) is 10.4. The van der Waals surface area contributed by atoms with Crippen LogP contribution in [0.15, 0.2) is 114 Å². The highest BCUT2D eigenvalue weighted by molar-refractivity contribution is 6.01. The van der Waals surface area contributed by atoms with Crippen LogP contribution in [0.4, 0.5) is 20.1 Å². The monoisotopic (exact) mass is 679 g/mol. The molecule has 0 aromatic heterocycles. The van der Waals surface area contributed by atoms with Gasteiger partial charge in [-0.05, 0) is 66.6 Å². The van der Waals surface area contributed by atoms with Gasteiger partial charge in [-0.1, -0.05) is 97.1 Å². The molecule has 0 saturated heterocycles. The second-order valence-corrected chi connectivity index (χ2v) is 11.3. The predicted octanol–water partition coefficient (Wildman–Crippen LogP) is 6.53. The van der Waals surface area contributed by atoms with E-state index in [-0.39, 0.29) is 45.2 Å². The Labute approximate surface area is 291 Å². The topological polar surface area (TPSA) is 156 Å². The zero-order valence-electron chi connectivity index (χ0n) is 28.0. The number of guanidine groups is 1. The van der Waals surface area contributed by atoms with E-state index in [4.69, 9.17) is 14.2 Å². The van der Waals surface area contributed by atoms with Gasteiger partial charge >= 0.3 is 18.3 Å². The van der Waals surface area contributed by atoms with Crippen LogP contribution in [0.3, 0.4) is 0 Å². The molecule has 0 saturated carbocycles. The molecule has 0 fully saturated rings. The number of amides is 4. The van der Waals surface area contributed by atoms with Crippen LogP contribution in [0.2, 0.25) is 0 Å². The zero-order chi connectivity index (χ0) is 35.6. The largest absolute Gasteiger partial charge is 0.445 e. The second kappa shape index (κ2) is 19.6. The standard InChI is InChI=1S/C38H41N5O7/c1-27-20-21-32(23-28(27)2)40-34(44)33(41-36(45)48-24-29-13-6-3-7-14-29)19-12-22-39-35(42-37(46)49-25-30-15-8-4-9-16-30)43-38(47)50-26-31-17-10-5-11-18-31/h3-11,13-18,20-21,23,33H,12,19,22,24-26H2,1-2H3,(H,40,44)(H,41,45)(H2,39,42,43,46,47)/t33-/m0/s1. The minimum atomic E-state index is -0.980. The lowest BCUT2D eigenvalue weighted by Crippen LogP contribution is -2.45. The summed E-state index contributed by atoms with van der Waals surface area (Å²) in [5.41, 5.74) is 5.00. The van der Waals surface area contributed by atoms with E-state index in [0.717, 1.165) is 27.8 Å². The molecule has 0 aliphatic heterocycles. The van der Waals surface area contributed by atoms with Crippen LogP contribution in [-0.4, -0.2) is 42.7 Å². The summed E-state index contributed by atoms with van der Waals surface area (Å²) in [5.74, 6) is -0.646. The van der Waals surface area contributed by atoms with E-state index in [1.807, 2.05) is 92.7 Å². The van der Waals surface area contributed by atoms with Crippen molar-refractivity contribution >= 4 is 35.8 Å². The Kier molecular flexibility index (Phi) is 14.4. The van der Waals surface area contributed by atoms with Crippen molar-refractivity contribution in [2.75, 3.05) is 11.9 Å². The minimum Gasteiger partial charge on any atom is -0.445 e. The van der Waals surface area contributed by atoms with E-state index in [2.05, 4.69) is 26.3 Å². The van der Waals surface area contributed by atoms with Gasteiger partial charge in [0.25, 0.3) is 0 Å². The number of nitrogens with zero attached hydrogens (tertiary/aromatic N) is 1. The van der Waals surface area contributed by atoms with E-state index in [0.29, 0.717) is 5.69 Å². The third-order valence-corrected chi connectivity index (χ3v) is 7.38. The number of carbonyl (C=O) groups excluding carboxylic acids is 4. The smallest absolute Gasteiger partial charge is 0.414 e. The summed E-state index contributed by atoms with van der Waals surface area (Å²) in [6.07, 6.45) is -2.02. The van der Waals surface area contributed by atoms with Crippen molar-refractivity contribution in [3.05, 3.63) is 137 Å². The molecule has 4 N–H and O–H groups in total. The Morgan fingerprint density at radius 2 is 1.10 bits per heavy atom. The molecular formula is C38H41N5O7. The van der Waals surface area contributed by atoms with E-state index < -0.39 is 30.2 Å². The summed E-state index contributed by atoms with van der Waals surface area (Å²) < 4.78 is 15.9. The van der Waals surface area contributed by atoms with Gasteiger partial charge in [0.15, 0.2) is 0 Å². The van der Waals surface area contributed by atoms with Gasteiger partial charge in [-0.15, -0.1) is 0 Å². The highest BCUT2D eigenvalue weighted by Crippen LogP contribution is 2.15. The molecule has 4 amide bonds. The summed E-state index contributed by atoms with van der Waals surface area (Å²) in [4.78, 5) is 55.6. The molecule has 0 bridgehead atoms. The van der Waals surface area contributed by atoms with Crippen LogP contribution in [0.1, 0.15) is 40.7 Å². The molecule has 12 nitrogen and oxygen atoms in total. The molecule has 12 heteroatoms. The number of nitrogens with one attached hydrogen (secondary N) is 4. The first-order valence-electron chi connectivity index (χ1n) is 16.1. The highest BCUT2D eigenvalue weighted by atomic mass is 16.6. The molecule has 260 valence electrons. The van der Waals surface area contributed by atoms with Gasteiger partial charge in [-0.2, -0.15) is 0 Å². The van der Waals surface area contributed by atoms with Gasteiger partial charge in [-0.3, -0.25) is 20.4 Å². The van der Waals surface area contributed by atoms with Crippen LogP contribution in [0.25, 0.3) is 0 Å². The molecular weight excluding hydrogens is 638 g/mol. The van der Waals surface area contributed by atoms with E-state index in [1.165, 1.54) is 0 Å². The van der Waals surface area contributed by atoms with Crippen LogP contribution < -0.4 is 21.3 Å². The molecule has 0 aliphatic rings. The summed E-state index contributed by atoms with van der Waals surface area (Å²) >= 11 is 0. The normalized spacial score (nSPS) is 10.9. The number of benzene rings is 4. The Hall–Kier alpha value is -6.17. The van der Waals surface area contributed by atoms with E-state index in [1.54, 1.807) is 30.3 Å². The van der Waals surface area contributed by atoms with Crippen molar-refractivity contribution in [1.29, 1.82) is 0 Å². The Bertz CT molecular complexity index is 1680. The van der Waals surface area contributed by atoms with Crippen LogP contribution in [0.5, 0.6) is 0 Å². The molecule has 0 radical (unpaired) electrons. The fourth-order valence-corrected chi connectivity index (χ4v) is 4.53. The molecule has 1 atom stereocenters. The molecule has 0 unspecified atom stereocenters. The Morgan fingerprint density at radius 3 is 1.58 bits per heavy atom. The molecule has 4 aromatic carbocycles. The van der Waals surface area contributed by atoms with E-state index >= 15 is 0 Å². The summed E-state index contributed by atoms with van der Waals surface area (Å²) in [6.45, 7) is 4.00. The molecule has 0 heterocycles.